The standard InChI is InChI=1S/C11H13N3OS.C10H16N4OS.C7H11N3S.C7H10N2S/c1-7-10(3-4-15-7)16-6-9-5-13-8(2)14-11(9)12;1-6(15)9(11)5-16-4-8-3-13-7(2)14-10(8)12;1-5-9-3-6(4-11-2)7(8)10-5;1-5-7(4-10)3-8-6(2)9-5/h3-5H,6H2,1-2H3,(H2,12,13,14);3,9H,4-5,11H2,1-2H3,(H2,12,13,14);3H,4H2,1-2H3,(H2,8,9,10);3,10H,4H2,1-2H3/t;9-;;/m.0../s1. The van der Waals surface area contributed by atoms with E-state index in [1.54, 1.807) is 67.1 Å². The summed E-state index contributed by atoms with van der Waals surface area (Å²) >= 11 is 9.08. The molecule has 0 unspecified atom stereocenters. The van der Waals surface area contributed by atoms with Gasteiger partial charge in [0.15, 0.2) is 0 Å². The lowest BCUT2D eigenvalue weighted by molar-refractivity contribution is -0.117. The predicted molar refractivity (Wildman–Crippen MR) is 223 cm³/mol. The van der Waals surface area contributed by atoms with Crippen LogP contribution < -0.4 is 22.9 Å². The molecular formula is C35H50N12O2S4. The van der Waals surface area contributed by atoms with Gasteiger partial charge in [-0.15, -0.1) is 11.8 Å². The molecule has 0 fully saturated rings. The maximum absolute atomic E-state index is 10.9. The Morgan fingerprint density at radius 1 is 0.736 bits per heavy atom. The van der Waals surface area contributed by atoms with Gasteiger partial charge in [0.1, 0.15) is 52.3 Å². The molecule has 0 aliphatic carbocycles. The second kappa shape index (κ2) is 23.6. The van der Waals surface area contributed by atoms with Crippen molar-refractivity contribution in [1.82, 2.24) is 39.9 Å². The molecule has 53 heavy (non-hydrogen) atoms. The third-order valence-corrected chi connectivity index (χ3v) is 10.2. The molecule has 0 amide bonds. The van der Waals surface area contributed by atoms with E-state index in [9.17, 15) is 4.79 Å². The molecule has 0 spiro atoms. The number of rotatable bonds is 11. The molecule has 0 radical (unpaired) electrons. The maximum atomic E-state index is 10.9. The summed E-state index contributed by atoms with van der Waals surface area (Å²) in [5.41, 5.74) is 27.8. The van der Waals surface area contributed by atoms with Crippen LogP contribution in [0.5, 0.6) is 0 Å². The minimum Gasteiger partial charge on any atom is -0.468 e. The van der Waals surface area contributed by atoms with Gasteiger partial charge in [0.05, 0.1) is 12.3 Å². The molecule has 8 N–H and O–H groups in total. The van der Waals surface area contributed by atoms with Crippen molar-refractivity contribution in [3.8, 4) is 0 Å². The maximum Gasteiger partial charge on any atom is 0.147 e. The molecule has 0 aliphatic heterocycles. The summed E-state index contributed by atoms with van der Waals surface area (Å²) in [6.07, 6.45) is 10.8. The van der Waals surface area contributed by atoms with E-state index >= 15 is 0 Å². The number of aromatic nitrogens is 8. The molecule has 5 aromatic rings. The Morgan fingerprint density at radius 2 is 1.19 bits per heavy atom. The van der Waals surface area contributed by atoms with Crippen LogP contribution in [0.2, 0.25) is 0 Å². The van der Waals surface area contributed by atoms with E-state index in [4.69, 9.17) is 27.4 Å². The number of hydrogen-bond acceptors (Lipinski definition) is 18. The fourth-order valence-electron chi connectivity index (χ4n) is 3.88. The number of furan rings is 1. The SMILES string of the molecule is CC(=O)[C@@H](N)CSCc1cnc(C)nc1N.CSCc1cnc(C)nc1N.Cc1ncc(CS)c(C)n1.Cc1ncc(CSc2ccoc2C)c(N)n1. The number of ketones is 1. The summed E-state index contributed by atoms with van der Waals surface area (Å²) in [6, 6.07) is 1.54. The molecule has 5 rings (SSSR count). The van der Waals surface area contributed by atoms with E-state index in [-0.39, 0.29) is 5.78 Å². The van der Waals surface area contributed by atoms with Gasteiger partial charge < -0.3 is 27.4 Å². The molecule has 0 saturated heterocycles. The second-order valence-electron chi connectivity index (χ2n) is 11.5. The number of carbonyl (C=O) groups excluding carboxylic acids is 1. The first-order valence-electron chi connectivity index (χ1n) is 16.3. The van der Waals surface area contributed by atoms with Crippen LogP contribution in [-0.2, 0) is 27.8 Å². The van der Waals surface area contributed by atoms with Crippen molar-refractivity contribution in [2.24, 2.45) is 5.73 Å². The highest BCUT2D eigenvalue weighted by molar-refractivity contribution is 7.98. The molecule has 5 heterocycles. The van der Waals surface area contributed by atoms with Crippen LogP contribution in [0.4, 0.5) is 17.5 Å². The number of hydrogen-bond donors (Lipinski definition) is 5. The predicted octanol–water partition coefficient (Wildman–Crippen LogP) is 5.83. The van der Waals surface area contributed by atoms with Gasteiger partial charge in [0.25, 0.3) is 0 Å². The Hall–Kier alpha value is -3.97. The second-order valence-corrected chi connectivity index (χ2v) is 14.7. The fraction of sp³-hybridized carbons (Fsp3) is 0.400. The zero-order valence-corrected chi connectivity index (χ0v) is 34.8. The molecule has 0 saturated carbocycles. The van der Waals surface area contributed by atoms with Gasteiger partial charge >= 0.3 is 0 Å². The van der Waals surface area contributed by atoms with Crippen molar-refractivity contribution < 1.29 is 9.21 Å². The lowest BCUT2D eigenvalue weighted by atomic mass is 10.3. The summed E-state index contributed by atoms with van der Waals surface area (Å²) in [5.74, 6) is 9.11. The summed E-state index contributed by atoms with van der Waals surface area (Å²) in [7, 11) is 0. The Labute approximate surface area is 330 Å². The van der Waals surface area contributed by atoms with Crippen molar-refractivity contribution in [1.29, 1.82) is 0 Å². The van der Waals surface area contributed by atoms with Crippen LogP contribution in [0.1, 0.15) is 63.9 Å². The summed E-state index contributed by atoms with van der Waals surface area (Å²) in [6.45, 7) is 12.7. The number of thioether (sulfide) groups is 3. The number of anilines is 3. The normalized spacial score (nSPS) is 10.9. The third kappa shape index (κ3) is 16.7. The first kappa shape index (κ1) is 45.2. The van der Waals surface area contributed by atoms with Crippen LogP contribution in [0, 0.1) is 41.5 Å². The fourth-order valence-corrected chi connectivity index (χ4v) is 6.71. The summed E-state index contributed by atoms with van der Waals surface area (Å²) in [5, 5.41) is 0. The van der Waals surface area contributed by atoms with E-state index in [2.05, 4.69) is 52.5 Å². The number of nitrogens with zero attached hydrogens (tertiary/aromatic N) is 8. The average Bonchev–Trinajstić information content (AvgIpc) is 3.51. The Balaban J connectivity index is 0.000000250. The Morgan fingerprint density at radius 3 is 1.58 bits per heavy atom. The van der Waals surface area contributed by atoms with Gasteiger partial charge in [-0.3, -0.25) is 4.79 Å². The minimum atomic E-state index is -0.405. The van der Waals surface area contributed by atoms with Gasteiger partial charge in [-0.05, 0) is 60.8 Å². The van der Waals surface area contributed by atoms with Gasteiger partial charge in [-0.2, -0.15) is 36.2 Å². The van der Waals surface area contributed by atoms with Crippen molar-refractivity contribution in [2.45, 2.75) is 82.4 Å². The molecule has 14 nitrogen and oxygen atoms in total. The zero-order valence-electron chi connectivity index (χ0n) is 31.5. The zero-order chi connectivity index (χ0) is 39.5. The molecule has 0 aromatic carbocycles. The van der Waals surface area contributed by atoms with E-state index in [1.807, 2.05) is 53.1 Å². The van der Waals surface area contributed by atoms with Crippen molar-refractivity contribution in [2.75, 3.05) is 29.2 Å². The largest absolute Gasteiger partial charge is 0.468 e. The summed E-state index contributed by atoms with van der Waals surface area (Å²) in [4.78, 5) is 44.8. The van der Waals surface area contributed by atoms with Crippen LogP contribution in [0.25, 0.3) is 0 Å². The van der Waals surface area contributed by atoms with Gasteiger partial charge in [0, 0.05) is 86.4 Å². The van der Waals surface area contributed by atoms with E-state index in [0.717, 1.165) is 61.8 Å². The molecular weight excluding hydrogens is 749 g/mol. The quantitative estimate of drug-likeness (QED) is 0.0780. The Kier molecular flexibility index (Phi) is 20.2. The van der Waals surface area contributed by atoms with Crippen molar-refractivity contribution in [3.63, 3.8) is 0 Å². The number of Topliss-reactive ketones (excluding diaryl/α,β-unsaturated/α-hetero) is 1. The summed E-state index contributed by atoms with van der Waals surface area (Å²) < 4.78 is 5.22. The first-order chi connectivity index (χ1) is 25.1. The highest BCUT2D eigenvalue weighted by Crippen LogP contribution is 2.27. The van der Waals surface area contributed by atoms with Gasteiger partial charge in [-0.25, -0.2) is 39.9 Å². The van der Waals surface area contributed by atoms with E-state index < -0.39 is 6.04 Å². The number of nitrogen functional groups attached to an aromatic ring is 3. The van der Waals surface area contributed by atoms with Crippen LogP contribution >= 0.6 is 47.9 Å². The number of nitrogens with two attached hydrogens (primary N) is 4. The lowest BCUT2D eigenvalue weighted by Gasteiger charge is -2.08. The monoisotopic (exact) mass is 798 g/mol. The van der Waals surface area contributed by atoms with E-state index in [1.165, 1.54) is 6.92 Å². The molecule has 18 heteroatoms. The molecule has 0 bridgehead atoms. The average molecular weight is 799 g/mol. The van der Waals surface area contributed by atoms with Crippen molar-refractivity contribution in [3.05, 3.63) is 94.1 Å². The number of carbonyl (C=O) groups is 1. The molecule has 1 atom stereocenters. The highest BCUT2D eigenvalue weighted by Gasteiger charge is 2.09. The number of aryl methyl sites for hydroxylation is 6. The van der Waals surface area contributed by atoms with Gasteiger partial charge in [-0.1, -0.05) is 0 Å². The van der Waals surface area contributed by atoms with Crippen LogP contribution in [-0.4, -0.2) is 63.7 Å². The highest BCUT2D eigenvalue weighted by atomic mass is 32.2. The third-order valence-electron chi connectivity index (χ3n) is 7.00. The van der Waals surface area contributed by atoms with Gasteiger partial charge in [0.2, 0.25) is 0 Å². The number of thiol groups is 1. The molecule has 286 valence electrons. The minimum absolute atomic E-state index is 0.000582. The first-order valence-corrected chi connectivity index (χ1v) is 20.4. The van der Waals surface area contributed by atoms with Crippen LogP contribution in [0.15, 0.2) is 46.4 Å². The van der Waals surface area contributed by atoms with Crippen LogP contribution in [0.3, 0.4) is 0 Å². The topological polar surface area (TPSA) is 237 Å². The van der Waals surface area contributed by atoms with Crippen molar-refractivity contribution >= 4 is 71.2 Å². The van der Waals surface area contributed by atoms with E-state index in [0.29, 0.717) is 46.4 Å². The smallest absolute Gasteiger partial charge is 0.147 e. The Bertz CT molecular complexity index is 1890. The molecule has 5 aromatic heterocycles. The lowest BCUT2D eigenvalue weighted by Crippen LogP contribution is -2.30. The molecule has 0 aliphatic rings.